The number of pyridine rings is 1. The van der Waals surface area contributed by atoms with Gasteiger partial charge in [-0.1, -0.05) is 11.6 Å². The Morgan fingerprint density at radius 3 is 2.63 bits per heavy atom. The van der Waals surface area contributed by atoms with Gasteiger partial charge in [0.05, 0.1) is 23.4 Å². The third-order valence-corrected chi connectivity index (χ3v) is 2.83. The Labute approximate surface area is 110 Å². The molecule has 2 aromatic heterocycles. The first-order valence-corrected chi connectivity index (χ1v) is 5.47. The van der Waals surface area contributed by atoms with Crippen LogP contribution < -0.4 is 0 Å². The van der Waals surface area contributed by atoms with Gasteiger partial charge in [-0.3, -0.25) is 4.40 Å². The Bertz CT molecular complexity index is 664. The molecule has 0 aromatic carbocycles. The number of hydrogen-bond donors (Lipinski definition) is 0. The quantitative estimate of drug-likeness (QED) is 0.759. The maximum absolute atomic E-state index is 12.7. The van der Waals surface area contributed by atoms with Crippen molar-refractivity contribution in [2.45, 2.75) is 13.1 Å². The number of ether oxygens (including phenoxy) is 1. The van der Waals surface area contributed by atoms with E-state index in [2.05, 4.69) is 9.72 Å². The number of imidazole rings is 1. The van der Waals surface area contributed by atoms with E-state index in [9.17, 15) is 18.0 Å². The molecule has 0 aliphatic carbocycles. The number of carbonyl (C=O) groups excluding carboxylic acids is 1. The molecule has 8 heteroatoms. The fourth-order valence-electron chi connectivity index (χ4n) is 1.72. The molecule has 0 atom stereocenters. The van der Waals surface area contributed by atoms with E-state index in [-0.39, 0.29) is 22.1 Å². The van der Waals surface area contributed by atoms with Crippen molar-refractivity contribution in [3.63, 3.8) is 0 Å². The molecule has 102 valence electrons. The number of esters is 1. The Morgan fingerprint density at radius 2 is 2.11 bits per heavy atom. The minimum Gasteiger partial charge on any atom is -0.464 e. The molecule has 2 rings (SSSR count). The minimum absolute atomic E-state index is 0.0765. The number of methoxy groups -OCH3 is 1. The smallest absolute Gasteiger partial charge is 0.417 e. The highest BCUT2D eigenvalue weighted by atomic mass is 35.5. The van der Waals surface area contributed by atoms with E-state index in [4.69, 9.17) is 11.6 Å². The minimum atomic E-state index is -4.57. The Morgan fingerprint density at radius 1 is 1.47 bits per heavy atom. The molecule has 0 N–H and O–H groups in total. The summed E-state index contributed by atoms with van der Waals surface area (Å²) in [7, 11) is 1.14. The highest BCUT2D eigenvalue weighted by molar-refractivity contribution is 6.33. The predicted molar refractivity (Wildman–Crippen MR) is 61.3 cm³/mol. The summed E-state index contributed by atoms with van der Waals surface area (Å²) in [5.74, 6) is -0.777. The van der Waals surface area contributed by atoms with Gasteiger partial charge in [0.1, 0.15) is 0 Å². The second-order valence-corrected chi connectivity index (χ2v) is 4.21. The molecule has 0 amide bonds. The lowest BCUT2D eigenvalue weighted by Gasteiger charge is -2.09. The van der Waals surface area contributed by atoms with Crippen molar-refractivity contribution in [1.82, 2.24) is 9.38 Å². The largest absolute Gasteiger partial charge is 0.464 e. The second kappa shape index (κ2) is 4.41. The molecule has 0 saturated heterocycles. The normalized spacial score (nSPS) is 11.9. The van der Waals surface area contributed by atoms with Gasteiger partial charge in [0, 0.05) is 6.20 Å². The van der Waals surface area contributed by atoms with E-state index in [1.807, 2.05) is 0 Å². The van der Waals surface area contributed by atoms with Crippen LogP contribution in [-0.2, 0) is 10.9 Å². The molecule has 0 aliphatic heterocycles. The summed E-state index contributed by atoms with van der Waals surface area (Å²) >= 11 is 5.77. The van der Waals surface area contributed by atoms with Gasteiger partial charge in [0.25, 0.3) is 0 Å². The summed E-state index contributed by atoms with van der Waals surface area (Å²) in [6.07, 6.45) is -3.79. The number of fused-ring (bicyclic) bond motifs is 1. The maximum atomic E-state index is 12.7. The van der Waals surface area contributed by atoms with Gasteiger partial charge < -0.3 is 4.74 Å². The van der Waals surface area contributed by atoms with E-state index in [1.54, 1.807) is 0 Å². The van der Waals surface area contributed by atoms with Gasteiger partial charge in [0.2, 0.25) is 0 Å². The molecule has 0 bridgehead atoms. The number of rotatable bonds is 1. The number of hydrogen-bond acceptors (Lipinski definition) is 3. The first kappa shape index (κ1) is 13.7. The third kappa shape index (κ3) is 2.25. The van der Waals surface area contributed by atoms with Crippen LogP contribution in [-0.4, -0.2) is 22.5 Å². The van der Waals surface area contributed by atoms with Crippen LogP contribution in [0.3, 0.4) is 0 Å². The zero-order chi connectivity index (χ0) is 14.4. The summed E-state index contributed by atoms with van der Waals surface area (Å²) in [5.41, 5.74) is -0.723. The van der Waals surface area contributed by atoms with Gasteiger partial charge >= 0.3 is 12.1 Å². The molecule has 0 saturated carbocycles. The lowest BCUT2D eigenvalue weighted by atomic mass is 10.2. The van der Waals surface area contributed by atoms with Crippen LogP contribution >= 0.6 is 11.6 Å². The van der Waals surface area contributed by atoms with Crippen LogP contribution in [0, 0.1) is 6.92 Å². The number of aryl methyl sites for hydroxylation is 1. The van der Waals surface area contributed by atoms with Crippen molar-refractivity contribution in [3.05, 3.63) is 34.2 Å². The molecule has 2 aromatic rings. The van der Waals surface area contributed by atoms with E-state index >= 15 is 0 Å². The van der Waals surface area contributed by atoms with Crippen molar-refractivity contribution in [2.75, 3.05) is 7.11 Å². The topological polar surface area (TPSA) is 43.6 Å². The zero-order valence-electron chi connectivity index (χ0n) is 9.88. The van der Waals surface area contributed by atoms with E-state index in [0.717, 1.165) is 23.8 Å². The first-order valence-electron chi connectivity index (χ1n) is 5.09. The molecular formula is C11H8ClF3N2O2. The van der Waals surface area contributed by atoms with Crippen LogP contribution in [0.25, 0.3) is 5.65 Å². The average Bonchev–Trinajstić information content (AvgIpc) is 2.64. The zero-order valence-corrected chi connectivity index (χ0v) is 10.6. The van der Waals surface area contributed by atoms with Crippen LogP contribution in [0.4, 0.5) is 13.2 Å². The molecule has 0 spiro atoms. The van der Waals surface area contributed by atoms with Crippen LogP contribution in [0.2, 0.25) is 5.02 Å². The fraction of sp³-hybridized carbons (Fsp3) is 0.273. The van der Waals surface area contributed by atoms with Gasteiger partial charge in [-0.2, -0.15) is 13.2 Å². The summed E-state index contributed by atoms with van der Waals surface area (Å²) in [5, 5.41) is -0.187. The highest BCUT2D eigenvalue weighted by Gasteiger charge is 2.33. The van der Waals surface area contributed by atoms with Crippen molar-refractivity contribution in [1.29, 1.82) is 0 Å². The number of halogens is 4. The molecule has 4 nitrogen and oxygen atoms in total. The standard InChI is InChI=1S/C11H8ClF3N2O2/c1-5-8(10(18)19-2)17-4-6(11(13,14)15)3-7(12)9(17)16-5/h3-4H,1-2H3. The molecule has 0 fully saturated rings. The highest BCUT2D eigenvalue weighted by Crippen LogP contribution is 2.33. The van der Waals surface area contributed by atoms with Crippen LogP contribution in [0.5, 0.6) is 0 Å². The van der Waals surface area contributed by atoms with Gasteiger partial charge in [-0.05, 0) is 13.0 Å². The van der Waals surface area contributed by atoms with E-state index in [1.165, 1.54) is 6.92 Å². The van der Waals surface area contributed by atoms with Crippen LogP contribution in [0.1, 0.15) is 21.7 Å². The van der Waals surface area contributed by atoms with Crippen molar-refractivity contribution >= 4 is 23.2 Å². The lowest BCUT2D eigenvalue weighted by molar-refractivity contribution is -0.137. The molecule has 0 unspecified atom stereocenters. The van der Waals surface area contributed by atoms with Crippen molar-refractivity contribution < 1.29 is 22.7 Å². The summed E-state index contributed by atoms with van der Waals surface area (Å²) in [4.78, 5) is 15.5. The summed E-state index contributed by atoms with van der Waals surface area (Å²) in [6, 6.07) is 0.768. The fourth-order valence-corrected chi connectivity index (χ4v) is 1.97. The second-order valence-electron chi connectivity index (χ2n) is 3.81. The third-order valence-electron chi connectivity index (χ3n) is 2.56. The Balaban J connectivity index is 2.81. The molecule has 0 radical (unpaired) electrons. The summed E-state index contributed by atoms with van der Waals surface area (Å²) in [6.45, 7) is 1.49. The Hall–Kier alpha value is -1.76. The number of aromatic nitrogens is 2. The average molecular weight is 293 g/mol. The monoisotopic (exact) mass is 292 g/mol. The van der Waals surface area contributed by atoms with Crippen molar-refractivity contribution in [3.8, 4) is 0 Å². The molecular weight excluding hydrogens is 285 g/mol. The lowest BCUT2D eigenvalue weighted by Crippen LogP contribution is -2.10. The number of carbonyl (C=O) groups is 1. The molecule has 2 heterocycles. The summed E-state index contributed by atoms with van der Waals surface area (Å²) < 4.78 is 43.6. The van der Waals surface area contributed by atoms with E-state index < -0.39 is 17.7 Å². The number of alkyl halides is 3. The van der Waals surface area contributed by atoms with E-state index in [0.29, 0.717) is 0 Å². The van der Waals surface area contributed by atoms with Crippen LogP contribution in [0.15, 0.2) is 12.3 Å². The van der Waals surface area contributed by atoms with Gasteiger partial charge in [-0.15, -0.1) is 0 Å². The molecule has 0 aliphatic rings. The SMILES string of the molecule is COC(=O)c1c(C)nc2c(Cl)cc(C(F)(F)F)cn12. The van der Waals surface area contributed by atoms with Gasteiger partial charge in [-0.25, -0.2) is 9.78 Å². The van der Waals surface area contributed by atoms with Gasteiger partial charge in [0.15, 0.2) is 11.3 Å². The Kier molecular flexibility index (Phi) is 3.17. The van der Waals surface area contributed by atoms with Crippen molar-refractivity contribution in [2.24, 2.45) is 0 Å². The predicted octanol–water partition coefficient (Wildman–Crippen LogP) is 3.10. The maximum Gasteiger partial charge on any atom is 0.417 e. The number of nitrogens with zero attached hydrogens (tertiary/aromatic N) is 2. The molecule has 19 heavy (non-hydrogen) atoms. The first-order chi connectivity index (χ1) is 8.75.